The van der Waals surface area contributed by atoms with E-state index in [0.29, 0.717) is 0 Å². The minimum absolute atomic E-state index is 0.719. The van der Waals surface area contributed by atoms with Crippen molar-refractivity contribution in [3.05, 3.63) is 42.2 Å². The van der Waals surface area contributed by atoms with Gasteiger partial charge in [-0.05, 0) is 12.5 Å². The molecule has 0 aliphatic carbocycles. The number of thioether (sulfide) groups is 1. The van der Waals surface area contributed by atoms with Crippen LogP contribution in [-0.2, 0) is 5.75 Å². The number of nitrogens with zero attached hydrogens (tertiary/aromatic N) is 3. The van der Waals surface area contributed by atoms with Gasteiger partial charge in [0.1, 0.15) is 22.9 Å². The quantitative estimate of drug-likeness (QED) is 0.664. The zero-order valence-corrected chi connectivity index (χ0v) is 11.2. The highest BCUT2D eigenvalue weighted by atomic mass is 32.2. The Hall–Kier alpha value is -2.08. The summed E-state index contributed by atoms with van der Waals surface area (Å²) in [4.78, 5) is 12.9. The first-order valence-electron chi connectivity index (χ1n) is 5.92. The van der Waals surface area contributed by atoms with E-state index < -0.39 is 0 Å². The minimum Gasteiger partial charge on any atom is -0.287 e. The number of amidine groups is 1. The molecule has 2 heterocycles. The number of nitrogens with one attached hydrogen (secondary N) is 2. The molecule has 0 bridgehead atoms. The molecule has 1 aromatic heterocycles. The van der Waals surface area contributed by atoms with Crippen LogP contribution in [-0.4, -0.2) is 15.8 Å². The molecule has 0 amide bonds. The predicted molar refractivity (Wildman–Crippen MR) is 77.6 cm³/mol. The molecular weight excluding hydrogens is 258 g/mol. The highest BCUT2D eigenvalue weighted by Gasteiger charge is 2.15. The van der Waals surface area contributed by atoms with Gasteiger partial charge in [0.25, 0.3) is 0 Å². The number of hydrazine groups is 1. The molecule has 19 heavy (non-hydrogen) atoms. The van der Waals surface area contributed by atoms with E-state index in [4.69, 9.17) is 0 Å². The second-order valence-corrected chi connectivity index (χ2v) is 5.06. The SMILES string of the molecule is CC1=Nc2c(ncnc2SCc2ccccc2)NN1. The first kappa shape index (κ1) is 12.0. The van der Waals surface area contributed by atoms with Crippen LogP contribution in [0.5, 0.6) is 0 Å². The Bertz CT molecular complexity index is 612. The van der Waals surface area contributed by atoms with Gasteiger partial charge in [0.15, 0.2) is 5.82 Å². The molecule has 6 heteroatoms. The molecule has 0 unspecified atom stereocenters. The number of aromatic nitrogens is 2. The molecular formula is C13H13N5S. The summed E-state index contributed by atoms with van der Waals surface area (Å²) >= 11 is 1.66. The largest absolute Gasteiger partial charge is 0.287 e. The van der Waals surface area contributed by atoms with Crippen LogP contribution >= 0.6 is 11.8 Å². The Labute approximate surface area is 115 Å². The van der Waals surface area contributed by atoms with E-state index in [1.165, 1.54) is 5.56 Å². The van der Waals surface area contributed by atoms with Crippen molar-refractivity contribution in [3.63, 3.8) is 0 Å². The van der Waals surface area contributed by atoms with Gasteiger partial charge in [-0.25, -0.2) is 15.0 Å². The normalized spacial score (nSPS) is 13.0. The maximum Gasteiger partial charge on any atom is 0.175 e. The molecule has 0 fully saturated rings. The molecule has 0 spiro atoms. The van der Waals surface area contributed by atoms with Crippen LogP contribution < -0.4 is 10.9 Å². The average molecular weight is 271 g/mol. The Balaban J connectivity index is 1.83. The lowest BCUT2D eigenvalue weighted by Gasteiger charge is -2.17. The summed E-state index contributed by atoms with van der Waals surface area (Å²) in [5, 5.41) is 0.891. The second-order valence-electron chi connectivity index (χ2n) is 4.10. The van der Waals surface area contributed by atoms with Crippen molar-refractivity contribution in [1.82, 2.24) is 15.4 Å². The van der Waals surface area contributed by atoms with Crippen LogP contribution in [0, 0.1) is 0 Å². The number of aliphatic imine (C=N–C) groups is 1. The van der Waals surface area contributed by atoms with Crippen molar-refractivity contribution in [2.75, 3.05) is 5.43 Å². The predicted octanol–water partition coefficient (Wildman–Crippen LogP) is 2.75. The van der Waals surface area contributed by atoms with Crippen LogP contribution in [0.25, 0.3) is 0 Å². The fraction of sp³-hybridized carbons (Fsp3) is 0.154. The lowest BCUT2D eigenvalue weighted by molar-refractivity contribution is 0.970. The van der Waals surface area contributed by atoms with Crippen LogP contribution in [0.1, 0.15) is 12.5 Å². The molecule has 5 nitrogen and oxygen atoms in total. The summed E-state index contributed by atoms with van der Waals surface area (Å²) in [7, 11) is 0. The molecule has 2 aromatic rings. The lowest BCUT2D eigenvalue weighted by Crippen LogP contribution is -2.30. The summed E-state index contributed by atoms with van der Waals surface area (Å²) in [6.45, 7) is 1.90. The number of hydrogen-bond donors (Lipinski definition) is 2. The van der Waals surface area contributed by atoms with E-state index >= 15 is 0 Å². The standard InChI is InChI=1S/C13H13N5S/c1-9-16-11-12(18-17-9)14-8-15-13(11)19-7-10-5-3-2-4-6-10/h2-6,8H,7H2,1H3,(H,16,17)(H,14,15,18). The number of anilines is 1. The molecule has 3 rings (SSSR count). The number of rotatable bonds is 3. The van der Waals surface area contributed by atoms with Gasteiger partial charge in [-0.1, -0.05) is 42.1 Å². The van der Waals surface area contributed by atoms with Crippen molar-refractivity contribution in [2.45, 2.75) is 17.7 Å². The third kappa shape index (κ3) is 2.68. The van der Waals surface area contributed by atoms with Gasteiger partial charge in [0.05, 0.1) is 0 Å². The van der Waals surface area contributed by atoms with E-state index in [1.807, 2.05) is 25.1 Å². The fourth-order valence-corrected chi connectivity index (χ4v) is 2.63. The first-order chi connectivity index (χ1) is 9.33. The van der Waals surface area contributed by atoms with Crippen molar-refractivity contribution in [2.24, 2.45) is 4.99 Å². The monoisotopic (exact) mass is 271 g/mol. The van der Waals surface area contributed by atoms with Crippen molar-refractivity contribution >= 4 is 29.1 Å². The van der Waals surface area contributed by atoms with E-state index in [2.05, 4.69) is 37.9 Å². The summed E-state index contributed by atoms with van der Waals surface area (Å²) in [6, 6.07) is 10.3. The van der Waals surface area contributed by atoms with Crippen molar-refractivity contribution in [1.29, 1.82) is 0 Å². The maximum absolute atomic E-state index is 4.46. The second kappa shape index (κ2) is 5.27. The van der Waals surface area contributed by atoms with Crippen LogP contribution in [0.4, 0.5) is 11.5 Å². The van der Waals surface area contributed by atoms with Gasteiger partial charge in [-0.2, -0.15) is 0 Å². The molecule has 0 atom stereocenters. The summed E-state index contributed by atoms with van der Waals surface area (Å²) in [5.74, 6) is 2.40. The van der Waals surface area contributed by atoms with Crippen LogP contribution in [0.15, 0.2) is 46.7 Å². The molecule has 0 saturated heterocycles. The van der Waals surface area contributed by atoms with Crippen molar-refractivity contribution < 1.29 is 0 Å². The molecule has 1 aromatic carbocycles. The van der Waals surface area contributed by atoms with Gasteiger partial charge in [-0.15, -0.1) is 0 Å². The third-order valence-electron chi connectivity index (χ3n) is 2.65. The van der Waals surface area contributed by atoms with E-state index in [0.717, 1.165) is 28.1 Å². The topological polar surface area (TPSA) is 62.2 Å². The first-order valence-corrected chi connectivity index (χ1v) is 6.90. The molecule has 0 saturated carbocycles. The molecule has 2 N–H and O–H groups in total. The zero-order chi connectivity index (χ0) is 13.1. The smallest absolute Gasteiger partial charge is 0.175 e. The van der Waals surface area contributed by atoms with Crippen LogP contribution in [0.3, 0.4) is 0 Å². The molecule has 96 valence electrons. The van der Waals surface area contributed by atoms with Crippen molar-refractivity contribution in [3.8, 4) is 0 Å². The third-order valence-corrected chi connectivity index (χ3v) is 3.70. The maximum atomic E-state index is 4.46. The average Bonchev–Trinajstić information content (AvgIpc) is 2.46. The highest BCUT2D eigenvalue weighted by Crippen LogP contribution is 2.35. The Morgan fingerprint density at radius 3 is 2.79 bits per heavy atom. The minimum atomic E-state index is 0.719. The zero-order valence-electron chi connectivity index (χ0n) is 10.4. The Kier molecular flexibility index (Phi) is 3.33. The Morgan fingerprint density at radius 1 is 1.11 bits per heavy atom. The van der Waals surface area contributed by atoms with Gasteiger partial charge >= 0.3 is 0 Å². The number of benzene rings is 1. The summed E-state index contributed by atoms with van der Waals surface area (Å²) < 4.78 is 0. The van der Waals surface area contributed by atoms with Gasteiger partial charge in [-0.3, -0.25) is 10.9 Å². The van der Waals surface area contributed by atoms with E-state index in [9.17, 15) is 0 Å². The van der Waals surface area contributed by atoms with E-state index in [-0.39, 0.29) is 0 Å². The number of hydrogen-bond acceptors (Lipinski definition) is 6. The Morgan fingerprint density at radius 2 is 1.95 bits per heavy atom. The van der Waals surface area contributed by atoms with Gasteiger partial charge in [0.2, 0.25) is 0 Å². The van der Waals surface area contributed by atoms with Gasteiger partial charge < -0.3 is 0 Å². The lowest BCUT2D eigenvalue weighted by atomic mass is 10.2. The molecule has 1 aliphatic rings. The molecule has 0 radical (unpaired) electrons. The summed E-state index contributed by atoms with van der Waals surface area (Å²) in [6.07, 6.45) is 1.55. The van der Waals surface area contributed by atoms with Crippen LogP contribution in [0.2, 0.25) is 0 Å². The highest BCUT2D eigenvalue weighted by molar-refractivity contribution is 7.98. The van der Waals surface area contributed by atoms with E-state index in [1.54, 1.807) is 18.1 Å². The summed E-state index contributed by atoms with van der Waals surface area (Å²) in [5.41, 5.74) is 8.02. The molecule has 1 aliphatic heterocycles. The van der Waals surface area contributed by atoms with Gasteiger partial charge in [0, 0.05) is 5.75 Å². The number of fused-ring (bicyclic) bond motifs is 1. The fourth-order valence-electron chi connectivity index (χ4n) is 1.73.